The van der Waals surface area contributed by atoms with Gasteiger partial charge in [-0.2, -0.15) is 0 Å². The van der Waals surface area contributed by atoms with Crippen molar-refractivity contribution < 1.29 is 29.0 Å². The van der Waals surface area contributed by atoms with Crippen molar-refractivity contribution in [3.63, 3.8) is 0 Å². The van der Waals surface area contributed by atoms with Crippen LogP contribution in [-0.4, -0.2) is 29.2 Å². The van der Waals surface area contributed by atoms with Gasteiger partial charge in [-0.3, -0.25) is 4.79 Å². The summed E-state index contributed by atoms with van der Waals surface area (Å²) in [6.45, 7) is 1.67. The Kier molecular flexibility index (Phi) is 8.02. The van der Waals surface area contributed by atoms with Crippen LogP contribution in [-0.2, 0) is 27.4 Å². The Balaban J connectivity index is 1.80. The molecular weight excluding hydrogens is 362 g/mol. The summed E-state index contributed by atoms with van der Waals surface area (Å²) in [7, 11) is 0. The summed E-state index contributed by atoms with van der Waals surface area (Å²) in [5, 5.41) is 11.7. The zero-order chi connectivity index (χ0) is 20.4. The van der Waals surface area contributed by atoms with Crippen molar-refractivity contribution in [1.29, 1.82) is 0 Å². The average Bonchev–Trinajstić information content (AvgIpc) is 2.71. The molecule has 2 rings (SSSR count). The summed E-state index contributed by atoms with van der Waals surface area (Å²) in [6, 6.07) is 14.9. The largest absolute Gasteiger partial charge is 0.480 e. The van der Waals surface area contributed by atoms with Crippen LogP contribution in [0.2, 0.25) is 0 Å². The highest BCUT2D eigenvalue weighted by Gasteiger charge is 2.20. The van der Waals surface area contributed by atoms with Gasteiger partial charge in [-0.05, 0) is 36.1 Å². The molecule has 0 spiro atoms. The summed E-state index contributed by atoms with van der Waals surface area (Å²) in [5.74, 6) is -1.04. The molecule has 7 nitrogen and oxygen atoms in total. The van der Waals surface area contributed by atoms with Gasteiger partial charge in [-0.15, -0.1) is 0 Å². The van der Waals surface area contributed by atoms with Gasteiger partial charge in [0, 0.05) is 6.42 Å². The van der Waals surface area contributed by atoms with Crippen LogP contribution in [0.5, 0.6) is 5.75 Å². The number of carbonyl (C=O) groups is 3. The van der Waals surface area contributed by atoms with Gasteiger partial charge in [0.2, 0.25) is 0 Å². The normalized spacial score (nSPS) is 11.3. The number of hydrogen-bond acceptors (Lipinski definition) is 5. The first kappa shape index (κ1) is 21.0. The maximum atomic E-state index is 11.9. The van der Waals surface area contributed by atoms with Gasteiger partial charge in [0.1, 0.15) is 18.4 Å². The second kappa shape index (κ2) is 10.7. The zero-order valence-electron chi connectivity index (χ0n) is 15.6. The Bertz CT molecular complexity index is 788. The lowest BCUT2D eigenvalue weighted by molar-refractivity contribution is -0.139. The minimum atomic E-state index is -1.12. The van der Waals surface area contributed by atoms with Crippen molar-refractivity contribution in [2.45, 2.75) is 38.8 Å². The Morgan fingerprint density at radius 1 is 1.00 bits per heavy atom. The molecule has 0 aromatic heterocycles. The van der Waals surface area contributed by atoms with E-state index in [2.05, 4.69) is 5.32 Å². The summed E-state index contributed by atoms with van der Waals surface area (Å²) < 4.78 is 10.1. The number of aryl methyl sites for hydroxylation is 1. The number of alkyl carbamates (subject to hydrolysis) is 1. The lowest BCUT2D eigenvalue weighted by atomic mass is 10.1. The molecule has 2 aromatic rings. The molecule has 0 saturated heterocycles. The smallest absolute Gasteiger partial charge is 0.408 e. The van der Waals surface area contributed by atoms with E-state index in [4.69, 9.17) is 9.47 Å². The highest BCUT2D eigenvalue weighted by molar-refractivity contribution is 5.79. The molecule has 28 heavy (non-hydrogen) atoms. The average molecular weight is 385 g/mol. The third kappa shape index (κ3) is 7.11. The molecule has 2 aromatic carbocycles. The first-order valence-electron chi connectivity index (χ1n) is 8.97. The predicted molar refractivity (Wildman–Crippen MR) is 102 cm³/mol. The molecule has 0 aliphatic rings. The maximum absolute atomic E-state index is 11.9. The molecule has 1 atom stereocenters. The van der Waals surface area contributed by atoms with Crippen molar-refractivity contribution in [3.05, 3.63) is 65.7 Å². The van der Waals surface area contributed by atoms with Crippen LogP contribution in [0.15, 0.2) is 54.6 Å². The predicted octanol–water partition coefficient (Wildman–Crippen LogP) is 3.31. The second-order valence-electron chi connectivity index (χ2n) is 6.11. The fourth-order valence-electron chi connectivity index (χ4n) is 2.40. The van der Waals surface area contributed by atoms with Gasteiger partial charge in [0.05, 0.1) is 0 Å². The first-order valence-corrected chi connectivity index (χ1v) is 8.97. The Morgan fingerprint density at radius 3 is 2.29 bits per heavy atom. The van der Waals surface area contributed by atoms with Crippen LogP contribution < -0.4 is 10.1 Å². The van der Waals surface area contributed by atoms with Gasteiger partial charge in [0.15, 0.2) is 0 Å². The van der Waals surface area contributed by atoms with Crippen LogP contribution in [0.1, 0.15) is 30.9 Å². The lowest BCUT2D eigenvalue weighted by Crippen LogP contribution is -2.41. The summed E-state index contributed by atoms with van der Waals surface area (Å²) in [5.41, 5.74) is 1.68. The number of nitrogens with one attached hydrogen (secondary N) is 1. The molecule has 0 radical (unpaired) electrons. The van der Waals surface area contributed by atoms with E-state index in [1.54, 1.807) is 31.2 Å². The minimum absolute atomic E-state index is 0.0289. The van der Waals surface area contributed by atoms with Crippen molar-refractivity contribution >= 4 is 18.0 Å². The number of carbonyl (C=O) groups excluding carboxylic acids is 2. The maximum Gasteiger partial charge on any atom is 0.408 e. The highest BCUT2D eigenvalue weighted by atomic mass is 16.5. The van der Waals surface area contributed by atoms with Crippen LogP contribution >= 0.6 is 0 Å². The van der Waals surface area contributed by atoms with E-state index in [9.17, 15) is 19.5 Å². The first-order chi connectivity index (χ1) is 13.5. The molecule has 0 fully saturated rings. The number of rotatable bonds is 9. The van der Waals surface area contributed by atoms with Gasteiger partial charge >= 0.3 is 18.0 Å². The summed E-state index contributed by atoms with van der Waals surface area (Å²) in [6.07, 6.45) is 0.254. The fourth-order valence-corrected chi connectivity index (χ4v) is 2.40. The molecule has 0 saturated carbocycles. The molecule has 0 bridgehead atoms. The number of amides is 1. The van der Waals surface area contributed by atoms with Crippen molar-refractivity contribution in [3.8, 4) is 5.75 Å². The number of esters is 1. The molecule has 2 N–H and O–H groups in total. The van der Waals surface area contributed by atoms with Crippen LogP contribution in [0.3, 0.4) is 0 Å². The molecule has 0 aliphatic carbocycles. The molecule has 0 heterocycles. The van der Waals surface area contributed by atoms with Crippen molar-refractivity contribution in [1.82, 2.24) is 5.32 Å². The van der Waals surface area contributed by atoms with E-state index in [1.807, 2.05) is 30.3 Å². The van der Waals surface area contributed by atoms with Crippen LogP contribution in [0.25, 0.3) is 0 Å². The monoisotopic (exact) mass is 385 g/mol. The lowest BCUT2D eigenvalue weighted by Gasteiger charge is -2.14. The van der Waals surface area contributed by atoms with Gasteiger partial charge in [0.25, 0.3) is 0 Å². The number of benzene rings is 2. The van der Waals surface area contributed by atoms with Crippen molar-refractivity contribution in [2.75, 3.05) is 0 Å². The molecular formula is C21H23NO6. The Labute approximate surface area is 163 Å². The second-order valence-corrected chi connectivity index (χ2v) is 6.11. The molecule has 0 unspecified atom stereocenters. The fraction of sp³-hybridized carbons (Fsp3) is 0.286. The molecule has 7 heteroatoms. The van der Waals surface area contributed by atoms with E-state index in [-0.39, 0.29) is 25.4 Å². The van der Waals surface area contributed by atoms with E-state index in [1.165, 1.54) is 0 Å². The minimum Gasteiger partial charge on any atom is -0.480 e. The quantitative estimate of drug-likeness (QED) is 0.507. The summed E-state index contributed by atoms with van der Waals surface area (Å²) >= 11 is 0. The molecule has 1 amide bonds. The zero-order valence-corrected chi connectivity index (χ0v) is 15.6. The van der Waals surface area contributed by atoms with E-state index < -0.39 is 18.1 Å². The van der Waals surface area contributed by atoms with E-state index in [0.717, 1.165) is 5.56 Å². The number of carboxylic acid groups (broad SMARTS) is 1. The van der Waals surface area contributed by atoms with Crippen molar-refractivity contribution in [2.24, 2.45) is 0 Å². The number of carboxylic acids is 1. The number of ether oxygens (including phenoxy) is 2. The van der Waals surface area contributed by atoms with Gasteiger partial charge in [-0.1, -0.05) is 49.4 Å². The van der Waals surface area contributed by atoms with Gasteiger partial charge in [-0.25, -0.2) is 9.59 Å². The third-order valence-electron chi connectivity index (χ3n) is 3.97. The molecule has 148 valence electrons. The van der Waals surface area contributed by atoms with Crippen LogP contribution in [0.4, 0.5) is 4.79 Å². The standard InChI is InChI=1S/C21H23NO6/c1-2-19(23)28-17-11-8-16(9-12-17)14-27-21(26)22-18(20(24)25)13-10-15-6-4-3-5-7-15/h3-9,11-12,18H,2,10,13-14H2,1H3,(H,22,26)(H,24,25)/t18-/m0/s1. The van der Waals surface area contributed by atoms with Gasteiger partial charge < -0.3 is 19.9 Å². The SMILES string of the molecule is CCC(=O)Oc1ccc(COC(=O)N[C@@H](CCc2ccccc2)C(=O)O)cc1. The number of aliphatic carboxylic acids is 1. The highest BCUT2D eigenvalue weighted by Crippen LogP contribution is 2.14. The van der Waals surface area contributed by atoms with E-state index in [0.29, 0.717) is 17.7 Å². The third-order valence-corrected chi connectivity index (χ3v) is 3.97. The van der Waals surface area contributed by atoms with Crippen LogP contribution in [0, 0.1) is 0 Å². The Morgan fingerprint density at radius 2 is 1.68 bits per heavy atom. The Hall–Kier alpha value is -3.35. The topological polar surface area (TPSA) is 102 Å². The summed E-state index contributed by atoms with van der Waals surface area (Å²) in [4.78, 5) is 34.5. The number of hydrogen-bond donors (Lipinski definition) is 2. The van der Waals surface area contributed by atoms with E-state index >= 15 is 0 Å². The molecule has 0 aliphatic heterocycles.